The minimum Gasteiger partial charge on any atom is -0.489 e. The normalized spacial score (nSPS) is 14.6. The molecule has 1 aliphatic rings. The molecular formula is C21H22N4O2S. The summed E-state index contributed by atoms with van der Waals surface area (Å²) in [4.78, 5) is 23.1. The summed E-state index contributed by atoms with van der Waals surface area (Å²) < 4.78 is 5.94. The summed E-state index contributed by atoms with van der Waals surface area (Å²) in [5.41, 5.74) is 1.84. The maximum absolute atomic E-state index is 12.7. The maximum Gasteiger partial charge on any atom is 0.255 e. The quantitative estimate of drug-likeness (QED) is 0.688. The van der Waals surface area contributed by atoms with Crippen LogP contribution in [0.5, 0.6) is 5.75 Å². The maximum atomic E-state index is 12.7. The van der Waals surface area contributed by atoms with Crippen molar-refractivity contribution in [3.8, 4) is 5.75 Å². The van der Waals surface area contributed by atoms with Crippen molar-refractivity contribution < 1.29 is 9.53 Å². The zero-order valence-corrected chi connectivity index (χ0v) is 16.3. The fourth-order valence-corrected chi connectivity index (χ4v) is 3.85. The number of piperidine rings is 1. The fraction of sp³-hybridized carbons (Fsp3) is 0.286. The van der Waals surface area contributed by atoms with E-state index >= 15 is 0 Å². The van der Waals surface area contributed by atoms with Crippen LogP contribution in [0, 0.1) is 0 Å². The van der Waals surface area contributed by atoms with Gasteiger partial charge >= 0.3 is 0 Å². The Morgan fingerprint density at radius 2 is 2.11 bits per heavy atom. The van der Waals surface area contributed by atoms with Crippen molar-refractivity contribution >= 4 is 23.1 Å². The first-order valence-electron chi connectivity index (χ1n) is 9.35. The number of likely N-dealkylation sites (tertiary alicyclic amines) is 1. The molecule has 7 heteroatoms. The number of hydrogen-bond donors (Lipinski definition) is 1. The van der Waals surface area contributed by atoms with Crippen LogP contribution in [0.1, 0.15) is 28.8 Å². The monoisotopic (exact) mass is 394 g/mol. The van der Waals surface area contributed by atoms with E-state index in [1.807, 2.05) is 29.2 Å². The van der Waals surface area contributed by atoms with Crippen molar-refractivity contribution in [2.75, 3.05) is 18.4 Å². The van der Waals surface area contributed by atoms with Crippen LogP contribution in [-0.4, -0.2) is 40.0 Å². The number of rotatable bonds is 6. The lowest BCUT2D eigenvalue weighted by molar-refractivity contribution is 0.0594. The van der Waals surface area contributed by atoms with Gasteiger partial charge in [0.05, 0.1) is 11.8 Å². The van der Waals surface area contributed by atoms with E-state index in [0.29, 0.717) is 18.7 Å². The first-order chi connectivity index (χ1) is 13.8. The van der Waals surface area contributed by atoms with Gasteiger partial charge in [0.25, 0.3) is 5.91 Å². The number of aromatic nitrogens is 2. The van der Waals surface area contributed by atoms with Crippen LogP contribution in [0.15, 0.2) is 59.7 Å². The van der Waals surface area contributed by atoms with E-state index in [0.717, 1.165) is 31.0 Å². The zero-order chi connectivity index (χ0) is 19.2. The van der Waals surface area contributed by atoms with E-state index in [9.17, 15) is 4.79 Å². The first kappa shape index (κ1) is 18.4. The average Bonchev–Trinajstić information content (AvgIpc) is 3.27. The van der Waals surface area contributed by atoms with Crippen LogP contribution in [0.3, 0.4) is 0 Å². The number of pyridine rings is 2. The van der Waals surface area contributed by atoms with Crippen LogP contribution in [0.4, 0.5) is 5.82 Å². The Bertz CT molecular complexity index is 877. The molecule has 144 valence electrons. The van der Waals surface area contributed by atoms with Gasteiger partial charge in [-0.2, -0.15) is 11.3 Å². The number of nitrogens with one attached hydrogen (secondary N) is 1. The van der Waals surface area contributed by atoms with Gasteiger partial charge in [-0.05, 0) is 46.7 Å². The minimum absolute atomic E-state index is 0.0247. The number of hydrogen-bond acceptors (Lipinski definition) is 6. The second kappa shape index (κ2) is 8.84. The van der Waals surface area contributed by atoms with E-state index in [1.54, 1.807) is 29.9 Å². The predicted molar refractivity (Wildman–Crippen MR) is 110 cm³/mol. The molecule has 1 fully saturated rings. The Balaban J connectivity index is 1.27. The van der Waals surface area contributed by atoms with Crippen LogP contribution in [0.2, 0.25) is 0 Å². The molecule has 0 unspecified atom stereocenters. The standard InChI is InChI=1S/C21H22N4O2S/c26-21(17-3-4-20(24-13-17)23-12-16-7-11-28-15-16)25-9-5-18(6-10-25)27-19-2-1-8-22-14-19/h1-4,7-8,11,13-15,18H,5-6,9-10,12H2,(H,23,24). The van der Waals surface area contributed by atoms with Crippen LogP contribution in [-0.2, 0) is 6.54 Å². The highest BCUT2D eigenvalue weighted by molar-refractivity contribution is 7.07. The summed E-state index contributed by atoms with van der Waals surface area (Å²) in [5.74, 6) is 1.57. The molecule has 4 rings (SSSR count). The number of amides is 1. The summed E-state index contributed by atoms with van der Waals surface area (Å²) in [6.45, 7) is 2.10. The molecule has 0 spiro atoms. The molecule has 0 atom stereocenters. The van der Waals surface area contributed by atoms with Crippen LogP contribution in [0.25, 0.3) is 0 Å². The fourth-order valence-electron chi connectivity index (χ4n) is 3.18. The van der Waals surface area contributed by atoms with Gasteiger partial charge in [-0.3, -0.25) is 9.78 Å². The van der Waals surface area contributed by atoms with Crippen molar-refractivity contribution in [2.24, 2.45) is 0 Å². The summed E-state index contributed by atoms with van der Waals surface area (Å²) in [6.07, 6.45) is 6.84. The highest BCUT2D eigenvalue weighted by Crippen LogP contribution is 2.19. The molecule has 1 N–H and O–H groups in total. The molecule has 0 aliphatic carbocycles. The highest BCUT2D eigenvalue weighted by atomic mass is 32.1. The third-order valence-electron chi connectivity index (χ3n) is 4.73. The molecule has 0 bridgehead atoms. The van der Waals surface area contributed by atoms with E-state index in [4.69, 9.17) is 4.74 Å². The Hall–Kier alpha value is -2.93. The molecule has 3 aromatic heterocycles. The van der Waals surface area contributed by atoms with Gasteiger partial charge in [0.15, 0.2) is 0 Å². The minimum atomic E-state index is 0.0247. The number of carbonyl (C=O) groups excluding carboxylic acids is 1. The molecule has 28 heavy (non-hydrogen) atoms. The van der Waals surface area contributed by atoms with Crippen molar-refractivity contribution in [3.63, 3.8) is 0 Å². The van der Waals surface area contributed by atoms with Gasteiger partial charge in [-0.1, -0.05) is 0 Å². The number of anilines is 1. The third kappa shape index (κ3) is 4.67. The number of carbonyl (C=O) groups is 1. The number of thiophene rings is 1. The zero-order valence-electron chi connectivity index (χ0n) is 15.5. The molecule has 6 nitrogen and oxygen atoms in total. The summed E-state index contributed by atoms with van der Waals surface area (Å²) >= 11 is 1.67. The Morgan fingerprint density at radius 3 is 2.79 bits per heavy atom. The lowest BCUT2D eigenvalue weighted by Crippen LogP contribution is -2.41. The molecular weight excluding hydrogens is 372 g/mol. The number of ether oxygens (including phenoxy) is 1. The van der Waals surface area contributed by atoms with Gasteiger partial charge in [-0.15, -0.1) is 0 Å². The molecule has 1 aliphatic heterocycles. The number of nitrogens with zero attached hydrogens (tertiary/aromatic N) is 3. The summed E-state index contributed by atoms with van der Waals surface area (Å²) in [6, 6.07) is 9.54. The molecule has 0 aromatic carbocycles. The van der Waals surface area contributed by atoms with E-state index in [-0.39, 0.29) is 12.0 Å². The Morgan fingerprint density at radius 1 is 1.21 bits per heavy atom. The van der Waals surface area contributed by atoms with E-state index < -0.39 is 0 Å². The van der Waals surface area contributed by atoms with Crippen molar-refractivity contribution in [3.05, 3.63) is 70.8 Å². The van der Waals surface area contributed by atoms with Gasteiger partial charge in [-0.25, -0.2) is 4.98 Å². The third-order valence-corrected chi connectivity index (χ3v) is 5.46. The first-order valence-corrected chi connectivity index (χ1v) is 10.3. The van der Waals surface area contributed by atoms with Crippen LogP contribution >= 0.6 is 11.3 Å². The SMILES string of the molecule is O=C(c1ccc(NCc2ccsc2)nc1)N1CCC(Oc2cccnc2)CC1. The Kier molecular flexibility index (Phi) is 5.82. The van der Waals surface area contributed by atoms with Gasteiger partial charge in [0.2, 0.25) is 0 Å². The molecule has 4 heterocycles. The van der Waals surface area contributed by atoms with E-state index in [1.165, 1.54) is 5.56 Å². The second-order valence-corrected chi connectivity index (χ2v) is 7.50. The van der Waals surface area contributed by atoms with E-state index in [2.05, 4.69) is 32.1 Å². The molecule has 1 saturated heterocycles. The van der Waals surface area contributed by atoms with Crippen LogP contribution < -0.4 is 10.1 Å². The van der Waals surface area contributed by atoms with Gasteiger partial charge < -0.3 is 15.0 Å². The van der Waals surface area contributed by atoms with Gasteiger partial charge in [0, 0.05) is 44.9 Å². The Labute approximate surface area is 168 Å². The predicted octanol–water partition coefficient (Wildman–Crippen LogP) is 3.83. The summed E-state index contributed by atoms with van der Waals surface area (Å²) in [7, 11) is 0. The smallest absolute Gasteiger partial charge is 0.255 e. The van der Waals surface area contributed by atoms with Crippen molar-refractivity contribution in [1.82, 2.24) is 14.9 Å². The van der Waals surface area contributed by atoms with Gasteiger partial charge in [0.1, 0.15) is 17.7 Å². The molecule has 3 aromatic rings. The lowest BCUT2D eigenvalue weighted by atomic mass is 10.1. The molecule has 1 amide bonds. The average molecular weight is 395 g/mol. The lowest BCUT2D eigenvalue weighted by Gasteiger charge is -2.32. The molecule has 0 saturated carbocycles. The molecule has 0 radical (unpaired) electrons. The topological polar surface area (TPSA) is 67.4 Å². The van der Waals surface area contributed by atoms with Crippen molar-refractivity contribution in [1.29, 1.82) is 0 Å². The second-order valence-electron chi connectivity index (χ2n) is 6.72. The highest BCUT2D eigenvalue weighted by Gasteiger charge is 2.25. The summed E-state index contributed by atoms with van der Waals surface area (Å²) in [5, 5.41) is 7.43. The van der Waals surface area contributed by atoms with Crippen molar-refractivity contribution in [2.45, 2.75) is 25.5 Å². The largest absolute Gasteiger partial charge is 0.489 e.